The normalized spacial score (nSPS) is 16.4. The second-order valence-corrected chi connectivity index (χ2v) is 18.3. The van der Waals surface area contributed by atoms with Crippen molar-refractivity contribution in [1.29, 1.82) is 0 Å². The van der Waals surface area contributed by atoms with E-state index in [1.165, 1.54) is 21.0 Å². The zero-order valence-electron chi connectivity index (χ0n) is 31.1. The summed E-state index contributed by atoms with van der Waals surface area (Å²) in [4.78, 5) is 9.48. The maximum absolute atomic E-state index is 9.76. The Kier molecular flexibility index (Phi) is 13.0. The molecule has 6 nitrogen and oxygen atoms in total. The van der Waals surface area contributed by atoms with Crippen molar-refractivity contribution in [3.05, 3.63) is 59.7 Å². The molecule has 254 valence electrons. The molecule has 0 spiro atoms. The van der Waals surface area contributed by atoms with Crippen LogP contribution in [-0.2, 0) is 30.2 Å². The minimum atomic E-state index is -0.443. The molecular weight excluding hydrogens is 737 g/mol. The number of nitrogens with zero attached hydrogens (tertiary/aromatic N) is 4. The van der Waals surface area contributed by atoms with E-state index in [0.717, 1.165) is 5.69 Å². The molecule has 1 aliphatic heterocycles. The molecule has 1 saturated heterocycles. The molecule has 0 saturated carbocycles. The Morgan fingerprint density at radius 2 is 1.07 bits per heavy atom. The van der Waals surface area contributed by atoms with Crippen LogP contribution in [0.25, 0.3) is 0 Å². The van der Waals surface area contributed by atoms with E-state index in [4.69, 9.17) is 0 Å². The van der Waals surface area contributed by atoms with Crippen LogP contribution in [-0.4, -0.2) is 78.1 Å². The fraction of sp³-hybridized carbons (Fsp3) is 0.639. The van der Waals surface area contributed by atoms with Crippen LogP contribution < -0.4 is 9.62 Å². The number of hydrogen-bond acceptors (Lipinski definition) is 6. The first-order valence-electron chi connectivity index (χ1n) is 16.2. The standard InChI is InChI=1S/C25H37B2N4.C11H24O2.Pt/c1-24(2,3)20-11-15-22(16-12-20)30-19-31(27(29(9)10)26(30)28(7)8)23-17-13-21(14-18-23)25(4,5)6;1-10(2,3)8(12)7-9(13)11(4,5)6;/h11-17H,1-10H3;8-9,12-13H,7H2,1-6H3;/q-1;;. The Morgan fingerprint density at radius 3 is 1.40 bits per heavy atom. The molecule has 45 heavy (non-hydrogen) atoms. The van der Waals surface area contributed by atoms with E-state index in [-0.39, 0.29) is 35.4 Å². The number of aliphatic hydroxyl groups excluding tert-OH is 2. The Bertz CT molecular complexity index is 1150. The fourth-order valence-corrected chi connectivity index (χ4v) is 6.31. The van der Waals surface area contributed by atoms with Gasteiger partial charge in [-0.3, -0.25) is 0 Å². The summed E-state index contributed by atoms with van der Waals surface area (Å²) < 4.78 is 1.19. The zero-order valence-corrected chi connectivity index (χ0v) is 33.3. The number of anilines is 2. The Morgan fingerprint density at radius 1 is 0.667 bits per heavy atom. The molecule has 0 aromatic heterocycles. The van der Waals surface area contributed by atoms with Gasteiger partial charge in [0.2, 0.25) is 0 Å². The molecule has 3 rings (SSSR count). The third kappa shape index (κ3) is 10.3. The second kappa shape index (κ2) is 14.8. The summed E-state index contributed by atoms with van der Waals surface area (Å²) in [6.45, 7) is 25.7. The third-order valence-electron chi connectivity index (χ3n) is 8.60. The number of benzene rings is 2. The summed E-state index contributed by atoms with van der Waals surface area (Å²) in [5, 5.41) is 19.5. The summed E-state index contributed by atoms with van der Waals surface area (Å²) in [5.74, 6) is 0. The van der Waals surface area contributed by atoms with Gasteiger partial charge in [-0.1, -0.05) is 41.5 Å². The molecule has 0 bridgehead atoms. The van der Waals surface area contributed by atoms with Crippen molar-refractivity contribution in [2.75, 3.05) is 37.8 Å². The van der Waals surface area contributed by atoms with E-state index < -0.39 is 12.2 Å². The molecular formula is C36H61B2N4O2Pt-. The van der Waals surface area contributed by atoms with Crippen molar-refractivity contribution >= 4 is 29.3 Å². The average molecular weight is 799 g/mol. The van der Waals surface area contributed by atoms with Crippen LogP contribution in [0.4, 0.5) is 11.4 Å². The van der Waals surface area contributed by atoms with E-state index in [1.807, 2.05) is 41.5 Å². The van der Waals surface area contributed by atoms with Crippen LogP contribution in [0.2, 0.25) is 0 Å². The van der Waals surface area contributed by atoms with Gasteiger partial charge in [-0.25, -0.2) is 0 Å². The van der Waals surface area contributed by atoms with Crippen LogP contribution >= 0.6 is 0 Å². The summed E-state index contributed by atoms with van der Waals surface area (Å²) in [5.41, 5.74) is 4.93. The summed E-state index contributed by atoms with van der Waals surface area (Å²) >= 11 is 2.48. The SMILES string of the molecule is CC(C)(C)C(O)CC(O)C(C)(C)C.CN(C)B1B(N(C)C)N(c2ccc(C(C)(C)C)cc2)[C](=[Pt])N1c1[c-]cc(C(C)(C)C)cc1. The molecule has 2 aromatic rings. The molecule has 1 fully saturated rings. The Labute approximate surface area is 288 Å². The minimum absolute atomic E-state index is 0.116. The van der Waals surface area contributed by atoms with E-state index in [0.29, 0.717) is 6.42 Å². The average Bonchev–Trinajstić information content (AvgIpc) is 3.20. The third-order valence-corrected chi connectivity index (χ3v) is 9.70. The van der Waals surface area contributed by atoms with Crippen molar-refractivity contribution < 1.29 is 29.6 Å². The van der Waals surface area contributed by atoms with Gasteiger partial charge in [0.05, 0.1) is 12.2 Å². The molecule has 9 heteroatoms. The second-order valence-electron chi connectivity index (χ2n) is 17.2. The van der Waals surface area contributed by atoms with E-state index in [9.17, 15) is 10.2 Å². The van der Waals surface area contributed by atoms with Crippen molar-refractivity contribution in [2.45, 2.75) is 113 Å². The molecule has 2 unspecified atom stereocenters. The van der Waals surface area contributed by atoms with E-state index >= 15 is 0 Å². The van der Waals surface area contributed by atoms with Crippen LogP contribution in [0, 0.1) is 16.9 Å². The van der Waals surface area contributed by atoms with Crippen LogP contribution in [0.15, 0.2) is 42.5 Å². The number of aliphatic hydroxyl groups is 2. The molecule has 0 amide bonds. The molecule has 2 atom stereocenters. The van der Waals surface area contributed by atoms with Crippen LogP contribution in [0.1, 0.15) is 101 Å². The van der Waals surface area contributed by atoms with Gasteiger partial charge in [0.15, 0.2) is 0 Å². The predicted octanol–water partition coefficient (Wildman–Crippen LogP) is 6.41. The van der Waals surface area contributed by atoms with Gasteiger partial charge in [0.25, 0.3) is 0 Å². The van der Waals surface area contributed by atoms with Gasteiger partial charge in [-0.05, 0) is 10.8 Å². The molecule has 1 heterocycles. The van der Waals surface area contributed by atoms with Crippen LogP contribution in [0.3, 0.4) is 0 Å². The fourth-order valence-electron chi connectivity index (χ4n) is 5.14. The summed E-state index contributed by atoms with van der Waals surface area (Å²) in [6.07, 6.45) is -0.434. The van der Waals surface area contributed by atoms with Gasteiger partial charge in [-0.2, -0.15) is 0 Å². The van der Waals surface area contributed by atoms with Crippen LogP contribution in [0.5, 0.6) is 0 Å². The Balaban J connectivity index is 0.000000459. The molecule has 0 aliphatic carbocycles. The van der Waals surface area contributed by atoms with Crippen molar-refractivity contribution in [3.8, 4) is 0 Å². The van der Waals surface area contributed by atoms with Gasteiger partial charge < -0.3 is 10.2 Å². The number of hydrogen-bond donors (Lipinski definition) is 2. The van der Waals surface area contributed by atoms with E-state index in [1.54, 1.807) is 0 Å². The first-order valence-corrected chi connectivity index (χ1v) is 17.3. The number of rotatable bonds is 6. The monoisotopic (exact) mass is 798 g/mol. The van der Waals surface area contributed by atoms with E-state index in [2.05, 4.69) is 157 Å². The van der Waals surface area contributed by atoms with Gasteiger partial charge in [0, 0.05) is 6.42 Å². The molecule has 2 aromatic carbocycles. The predicted molar refractivity (Wildman–Crippen MR) is 194 cm³/mol. The molecule has 2 N–H and O–H groups in total. The van der Waals surface area contributed by atoms with Gasteiger partial charge in [-0.15, -0.1) is 0 Å². The van der Waals surface area contributed by atoms with Crippen molar-refractivity contribution in [3.63, 3.8) is 0 Å². The van der Waals surface area contributed by atoms with Crippen molar-refractivity contribution in [1.82, 2.24) is 9.62 Å². The van der Waals surface area contributed by atoms with Gasteiger partial charge >= 0.3 is 208 Å². The molecule has 1 aliphatic rings. The topological polar surface area (TPSA) is 53.4 Å². The Hall–Kier alpha value is -1.43. The van der Waals surface area contributed by atoms with Crippen molar-refractivity contribution in [2.24, 2.45) is 10.8 Å². The maximum atomic E-state index is 9.76. The first kappa shape index (κ1) is 39.7. The summed E-state index contributed by atoms with van der Waals surface area (Å²) in [6, 6.07) is 19.3. The van der Waals surface area contributed by atoms with Gasteiger partial charge in [0.1, 0.15) is 0 Å². The molecule has 0 radical (unpaired) electrons. The quantitative estimate of drug-likeness (QED) is 0.261. The summed E-state index contributed by atoms with van der Waals surface area (Å²) in [7, 11) is 8.65. The first-order chi connectivity index (χ1) is 20.3. The zero-order chi connectivity index (χ0) is 34.9.